The van der Waals surface area contributed by atoms with Gasteiger partial charge in [0.1, 0.15) is 5.01 Å². The summed E-state index contributed by atoms with van der Waals surface area (Å²) in [6, 6.07) is 15.4. The van der Waals surface area contributed by atoms with Crippen LogP contribution in [0.3, 0.4) is 0 Å². The molecule has 1 aliphatic heterocycles. The summed E-state index contributed by atoms with van der Waals surface area (Å²) in [5, 5.41) is 4.19. The number of hydrogen-bond acceptors (Lipinski definition) is 5. The summed E-state index contributed by atoms with van der Waals surface area (Å²) in [6.45, 7) is 2.89. The van der Waals surface area contributed by atoms with Crippen molar-refractivity contribution in [3.05, 3.63) is 64.7 Å². The summed E-state index contributed by atoms with van der Waals surface area (Å²) in [5.41, 5.74) is 2.53. The summed E-state index contributed by atoms with van der Waals surface area (Å²) in [7, 11) is 1.36. The monoisotopic (exact) mass is 424 g/mol. The molecule has 4 rings (SSSR count). The Morgan fingerprint density at radius 3 is 2.77 bits per heavy atom. The van der Waals surface area contributed by atoms with Gasteiger partial charge in [0.25, 0.3) is 5.91 Å². The number of amides is 1. The molecule has 0 aliphatic carbocycles. The third-order valence-electron chi connectivity index (χ3n) is 5.55. The van der Waals surface area contributed by atoms with E-state index in [0.29, 0.717) is 24.6 Å². The van der Waals surface area contributed by atoms with Gasteiger partial charge < -0.3 is 15.0 Å². The number of hydrogen-bond donors (Lipinski definition) is 2. The van der Waals surface area contributed by atoms with Crippen LogP contribution in [0, 0.1) is 0 Å². The molecular weight excluding hydrogens is 398 g/mol. The zero-order chi connectivity index (χ0) is 20.9. The Labute approximate surface area is 179 Å². The first-order valence-electron chi connectivity index (χ1n) is 10.3. The summed E-state index contributed by atoms with van der Waals surface area (Å²) >= 11 is 1.78. The second-order valence-corrected chi connectivity index (χ2v) is 8.77. The fourth-order valence-electron chi connectivity index (χ4n) is 3.95. The maximum atomic E-state index is 12.5. The molecule has 0 bridgehead atoms. The SMILES string of the molecule is COC(=O)c1ccc(CNC(=O)C[NH+]2CCC[C@@H](c3nc4ccccc4s3)C2)cc1. The molecule has 156 valence electrons. The molecule has 0 saturated carbocycles. The number of esters is 1. The van der Waals surface area contributed by atoms with Gasteiger partial charge in [0.2, 0.25) is 0 Å². The minimum Gasteiger partial charge on any atom is -0.465 e. The van der Waals surface area contributed by atoms with Crippen LogP contribution in [0.1, 0.15) is 39.7 Å². The van der Waals surface area contributed by atoms with E-state index in [1.807, 2.05) is 18.2 Å². The smallest absolute Gasteiger partial charge is 0.337 e. The number of carbonyl (C=O) groups excluding carboxylic acids is 2. The van der Waals surface area contributed by atoms with Gasteiger partial charge in [-0.3, -0.25) is 4.79 Å². The molecular formula is C23H26N3O3S+. The highest BCUT2D eigenvalue weighted by Gasteiger charge is 2.28. The lowest BCUT2D eigenvalue weighted by Crippen LogP contribution is -3.14. The van der Waals surface area contributed by atoms with E-state index in [2.05, 4.69) is 23.5 Å². The number of quaternary nitrogens is 1. The van der Waals surface area contributed by atoms with Crippen molar-refractivity contribution in [3.63, 3.8) is 0 Å². The average Bonchev–Trinajstić information content (AvgIpc) is 3.22. The lowest BCUT2D eigenvalue weighted by atomic mass is 9.99. The number of para-hydroxylation sites is 1. The number of likely N-dealkylation sites (tertiary alicyclic amines) is 1. The predicted molar refractivity (Wildman–Crippen MR) is 117 cm³/mol. The van der Waals surface area contributed by atoms with Gasteiger partial charge in [-0.25, -0.2) is 9.78 Å². The van der Waals surface area contributed by atoms with Crippen molar-refractivity contribution < 1.29 is 19.2 Å². The molecule has 1 aliphatic rings. The van der Waals surface area contributed by atoms with E-state index < -0.39 is 0 Å². The number of nitrogens with zero attached hydrogens (tertiary/aromatic N) is 1. The first-order valence-corrected chi connectivity index (χ1v) is 11.1. The van der Waals surface area contributed by atoms with Crippen LogP contribution in [-0.2, 0) is 16.1 Å². The second kappa shape index (κ2) is 9.36. The fraction of sp³-hybridized carbons (Fsp3) is 0.348. The Hall–Kier alpha value is -2.77. The van der Waals surface area contributed by atoms with E-state index >= 15 is 0 Å². The van der Waals surface area contributed by atoms with Crippen LogP contribution in [0.2, 0.25) is 0 Å². The Morgan fingerprint density at radius 2 is 2.00 bits per heavy atom. The standard InChI is InChI=1S/C23H25N3O3S/c1-29-23(28)17-10-8-16(9-11-17)13-24-21(27)15-26-12-4-5-18(14-26)22-25-19-6-2-3-7-20(19)30-22/h2-3,6-11,18H,4-5,12-15H2,1H3,(H,24,27)/p+1/t18-/m1/s1. The largest absolute Gasteiger partial charge is 0.465 e. The van der Waals surface area contributed by atoms with Crippen LogP contribution >= 0.6 is 11.3 Å². The molecule has 2 N–H and O–H groups in total. The molecule has 1 unspecified atom stereocenters. The number of methoxy groups -OCH3 is 1. The van der Waals surface area contributed by atoms with Gasteiger partial charge in [-0.1, -0.05) is 24.3 Å². The highest BCUT2D eigenvalue weighted by molar-refractivity contribution is 7.18. The van der Waals surface area contributed by atoms with Crippen LogP contribution in [0.15, 0.2) is 48.5 Å². The summed E-state index contributed by atoms with van der Waals surface area (Å²) in [4.78, 5) is 30.1. The van der Waals surface area contributed by atoms with Gasteiger partial charge >= 0.3 is 5.97 Å². The zero-order valence-electron chi connectivity index (χ0n) is 17.0. The third kappa shape index (κ3) is 4.86. The fourth-order valence-corrected chi connectivity index (χ4v) is 5.06. The van der Waals surface area contributed by atoms with Crippen LogP contribution < -0.4 is 10.2 Å². The lowest BCUT2D eigenvalue weighted by molar-refractivity contribution is -0.898. The predicted octanol–water partition coefficient (Wildman–Crippen LogP) is 2.16. The summed E-state index contributed by atoms with van der Waals surface area (Å²) < 4.78 is 5.93. The minimum absolute atomic E-state index is 0.0481. The topological polar surface area (TPSA) is 72.7 Å². The maximum absolute atomic E-state index is 12.5. The van der Waals surface area contributed by atoms with Gasteiger partial charge in [-0.05, 0) is 42.7 Å². The molecule has 3 aromatic rings. The molecule has 2 aromatic carbocycles. The van der Waals surface area contributed by atoms with E-state index in [1.54, 1.807) is 23.5 Å². The number of ether oxygens (including phenoxy) is 1. The van der Waals surface area contributed by atoms with Gasteiger partial charge in [0, 0.05) is 6.54 Å². The van der Waals surface area contributed by atoms with Gasteiger partial charge in [0.15, 0.2) is 6.54 Å². The maximum Gasteiger partial charge on any atom is 0.337 e. The Balaban J connectivity index is 1.29. The number of carbonyl (C=O) groups is 2. The molecule has 6 nitrogen and oxygen atoms in total. The van der Waals surface area contributed by atoms with Crippen LogP contribution in [0.25, 0.3) is 10.2 Å². The molecule has 0 spiro atoms. The minimum atomic E-state index is -0.359. The van der Waals surface area contributed by atoms with E-state index in [9.17, 15) is 9.59 Å². The average molecular weight is 425 g/mol. The molecule has 30 heavy (non-hydrogen) atoms. The number of piperidine rings is 1. The van der Waals surface area contributed by atoms with Crippen LogP contribution in [0.5, 0.6) is 0 Å². The van der Waals surface area contributed by atoms with Crippen molar-refractivity contribution >= 4 is 33.4 Å². The summed E-state index contributed by atoms with van der Waals surface area (Å²) in [6.07, 6.45) is 2.25. The highest BCUT2D eigenvalue weighted by atomic mass is 32.1. The van der Waals surface area contributed by atoms with E-state index in [1.165, 1.54) is 21.7 Å². The molecule has 1 fully saturated rings. The van der Waals surface area contributed by atoms with Crippen LogP contribution in [-0.4, -0.2) is 43.6 Å². The lowest BCUT2D eigenvalue weighted by Gasteiger charge is -2.28. The number of aromatic nitrogens is 1. The van der Waals surface area contributed by atoms with Crippen molar-refractivity contribution in [2.75, 3.05) is 26.7 Å². The van der Waals surface area contributed by atoms with Crippen molar-refractivity contribution in [1.82, 2.24) is 10.3 Å². The van der Waals surface area contributed by atoms with E-state index in [-0.39, 0.29) is 11.9 Å². The van der Waals surface area contributed by atoms with Crippen molar-refractivity contribution in [1.29, 1.82) is 0 Å². The molecule has 2 heterocycles. The molecule has 2 atom stereocenters. The first kappa shape index (κ1) is 20.5. The summed E-state index contributed by atoms with van der Waals surface area (Å²) in [5.74, 6) is 0.110. The Bertz CT molecular complexity index is 999. The van der Waals surface area contributed by atoms with Crippen LogP contribution in [0.4, 0.5) is 0 Å². The first-order chi connectivity index (χ1) is 14.6. The van der Waals surface area contributed by atoms with Gasteiger partial charge in [-0.15, -0.1) is 11.3 Å². The zero-order valence-corrected chi connectivity index (χ0v) is 17.8. The number of thiazole rings is 1. The number of fused-ring (bicyclic) bond motifs is 1. The molecule has 1 aromatic heterocycles. The van der Waals surface area contributed by atoms with Gasteiger partial charge in [-0.2, -0.15) is 0 Å². The molecule has 7 heteroatoms. The van der Waals surface area contributed by atoms with E-state index in [0.717, 1.165) is 37.0 Å². The molecule has 0 radical (unpaired) electrons. The Morgan fingerprint density at radius 1 is 1.20 bits per heavy atom. The second-order valence-electron chi connectivity index (χ2n) is 7.71. The van der Waals surface area contributed by atoms with Crippen molar-refractivity contribution in [2.24, 2.45) is 0 Å². The number of nitrogens with one attached hydrogen (secondary N) is 2. The number of rotatable bonds is 6. The quantitative estimate of drug-likeness (QED) is 0.595. The van der Waals surface area contributed by atoms with E-state index in [4.69, 9.17) is 9.72 Å². The van der Waals surface area contributed by atoms with Crippen molar-refractivity contribution in [2.45, 2.75) is 25.3 Å². The highest BCUT2D eigenvalue weighted by Crippen LogP contribution is 2.30. The number of benzene rings is 2. The van der Waals surface area contributed by atoms with Gasteiger partial charge in [0.05, 0.1) is 41.9 Å². The molecule has 1 amide bonds. The normalized spacial score (nSPS) is 18.8. The third-order valence-corrected chi connectivity index (χ3v) is 6.75. The Kier molecular flexibility index (Phi) is 6.40. The molecule has 1 saturated heterocycles. The van der Waals surface area contributed by atoms with Crippen molar-refractivity contribution in [3.8, 4) is 0 Å².